The number of hydrogen-bond donors (Lipinski definition) is 1. The highest BCUT2D eigenvalue weighted by Gasteiger charge is 2.09. The van der Waals surface area contributed by atoms with Gasteiger partial charge < -0.3 is 5.11 Å². The van der Waals surface area contributed by atoms with Gasteiger partial charge in [0.1, 0.15) is 17.7 Å². The predicted molar refractivity (Wildman–Crippen MR) is 51.6 cm³/mol. The van der Waals surface area contributed by atoms with Crippen molar-refractivity contribution in [3.8, 4) is 6.07 Å². The molecule has 0 saturated carbocycles. The van der Waals surface area contributed by atoms with Crippen molar-refractivity contribution in [2.75, 3.05) is 0 Å². The SMILES string of the molecule is N#Cc1cc(CCCC(=O)O)c(F)cc1F. The summed E-state index contributed by atoms with van der Waals surface area (Å²) in [7, 11) is 0. The largest absolute Gasteiger partial charge is 0.481 e. The lowest BCUT2D eigenvalue weighted by Gasteiger charge is -2.03. The van der Waals surface area contributed by atoms with Crippen molar-refractivity contribution in [3.63, 3.8) is 0 Å². The first-order chi connectivity index (χ1) is 7.54. The molecule has 0 fully saturated rings. The van der Waals surface area contributed by atoms with Crippen molar-refractivity contribution >= 4 is 5.97 Å². The first-order valence-electron chi connectivity index (χ1n) is 4.64. The van der Waals surface area contributed by atoms with Crippen LogP contribution >= 0.6 is 0 Å². The van der Waals surface area contributed by atoms with E-state index in [0.717, 1.165) is 6.07 Å². The van der Waals surface area contributed by atoms with E-state index in [1.54, 1.807) is 6.07 Å². The van der Waals surface area contributed by atoms with Gasteiger partial charge in [-0.3, -0.25) is 4.79 Å². The van der Waals surface area contributed by atoms with E-state index in [1.165, 1.54) is 0 Å². The maximum atomic E-state index is 13.2. The average Bonchev–Trinajstić information content (AvgIpc) is 2.20. The van der Waals surface area contributed by atoms with Crippen LogP contribution in [0.15, 0.2) is 12.1 Å². The molecule has 5 heteroatoms. The Morgan fingerprint density at radius 3 is 2.62 bits per heavy atom. The lowest BCUT2D eigenvalue weighted by atomic mass is 10.0. The lowest BCUT2D eigenvalue weighted by Crippen LogP contribution is -1.99. The van der Waals surface area contributed by atoms with Gasteiger partial charge in [-0.05, 0) is 24.5 Å². The molecule has 0 unspecified atom stereocenters. The Kier molecular flexibility index (Phi) is 3.95. The molecular weight excluding hydrogens is 216 g/mol. The van der Waals surface area contributed by atoms with Crippen LogP contribution in [0.5, 0.6) is 0 Å². The first kappa shape index (κ1) is 12.1. The second kappa shape index (κ2) is 5.21. The highest BCUT2D eigenvalue weighted by atomic mass is 19.1. The maximum Gasteiger partial charge on any atom is 0.303 e. The molecule has 0 aliphatic heterocycles. The van der Waals surface area contributed by atoms with Crippen LogP contribution in [0.4, 0.5) is 8.78 Å². The smallest absolute Gasteiger partial charge is 0.303 e. The highest BCUT2D eigenvalue weighted by molar-refractivity contribution is 5.66. The van der Waals surface area contributed by atoms with Gasteiger partial charge >= 0.3 is 5.97 Å². The van der Waals surface area contributed by atoms with Gasteiger partial charge in [-0.25, -0.2) is 8.78 Å². The number of carboxylic acids is 1. The second-order valence-electron chi connectivity index (χ2n) is 3.28. The number of halogens is 2. The Labute approximate surface area is 90.9 Å². The normalized spacial score (nSPS) is 9.81. The Bertz CT molecular complexity index is 452. The quantitative estimate of drug-likeness (QED) is 0.854. The molecule has 0 aliphatic rings. The number of nitriles is 1. The molecule has 1 aromatic rings. The molecule has 0 saturated heterocycles. The third kappa shape index (κ3) is 3.02. The molecule has 1 rings (SSSR count). The Morgan fingerprint density at radius 2 is 2.06 bits per heavy atom. The van der Waals surface area contributed by atoms with E-state index in [4.69, 9.17) is 10.4 Å². The molecule has 0 aromatic heterocycles. The van der Waals surface area contributed by atoms with E-state index < -0.39 is 17.6 Å². The van der Waals surface area contributed by atoms with Crippen LogP contribution in [-0.4, -0.2) is 11.1 Å². The summed E-state index contributed by atoms with van der Waals surface area (Å²) in [5.41, 5.74) is -0.0640. The Morgan fingerprint density at radius 1 is 1.38 bits per heavy atom. The second-order valence-corrected chi connectivity index (χ2v) is 3.28. The van der Waals surface area contributed by atoms with Gasteiger partial charge in [0, 0.05) is 12.5 Å². The Hall–Kier alpha value is -1.96. The number of carboxylic acid groups (broad SMARTS) is 1. The van der Waals surface area contributed by atoms with E-state index in [-0.39, 0.29) is 30.4 Å². The van der Waals surface area contributed by atoms with Gasteiger partial charge in [0.15, 0.2) is 0 Å². The summed E-state index contributed by atoms with van der Waals surface area (Å²) in [4.78, 5) is 10.2. The number of aryl methyl sites for hydroxylation is 1. The first-order valence-corrected chi connectivity index (χ1v) is 4.64. The zero-order valence-electron chi connectivity index (χ0n) is 8.33. The van der Waals surface area contributed by atoms with E-state index in [0.29, 0.717) is 6.07 Å². The van der Waals surface area contributed by atoms with Crippen molar-refractivity contribution in [2.24, 2.45) is 0 Å². The van der Waals surface area contributed by atoms with Gasteiger partial charge in [-0.2, -0.15) is 5.26 Å². The van der Waals surface area contributed by atoms with Gasteiger partial charge in [0.05, 0.1) is 5.56 Å². The van der Waals surface area contributed by atoms with Crippen LogP contribution in [0, 0.1) is 23.0 Å². The van der Waals surface area contributed by atoms with E-state index in [1.807, 2.05) is 0 Å². The summed E-state index contributed by atoms with van der Waals surface area (Å²) in [6.07, 6.45) is 0.342. The Balaban J connectivity index is 2.80. The molecule has 1 N–H and O–H groups in total. The van der Waals surface area contributed by atoms with Crippen molar-refractivity contribution in [2.45, 2.75) is 19.3 Å². The van der Waals surface area contributed by atoms with Gasteiger partial charge in [0.25, 0.3) is 0 Å². The molecule has 16 heavy (non-hydrogen) atoms. The number of nitrogens with zero attached hydrogens (tertiary/aromatic N) is 1. The molecule has 0 radical (unpaired) electrons. The molecule has 0 spiro atoms. The van der Waals surface area contributed by atoms with Gasteiger partial charge in [0.2, 0.25) is 0 Å². The molecule has 3 nitrogen and oxygen atoms in total. The molecule has 0 bridgehead atoms. The van der Waals surface area contributed by atoms with Crippen LogP contribution < -0.4 is 0 Å². The minimum absolute atomic E-state index is 0.0846. The van der Waals surface area contributed by atoms with Crippen LogP contribution in [0.25, 0.3) is 0 Å². The summed E-state index contributed by atoms with van der Waals surface area (Å²) < 4.78 is 26.1. The number of carbonyl (C=O) groups is 1. The minimum atomic E-state index is -0.969. The van der Waals surface area contributed by atoms with Crippen LogP contribution in [0.2, 0.25) is 0 Å². The molecule has 0 atom stereocenters. The standard InChI is InChI=1S/C11H9F2NO2/c12-9-5-10(13)8(6-14)4-7(9)2-1-3-11(15)16/h4-5H,1-3H2,(H,15,16). The molecular formula is C11H9F2NO2. The van der Waals surface area contributed by atoms with Gasteiger partial charge in [-0.15, -0.1) is 0 Å². The molecule has 1 aromatic carbocycles. The summed E-state index contributed by atoms with van der Waals surface area (Å²) in [6, 6.07) is 3.37. The summed E-state index contributed by atoms with van der Waals surface area (Å²) >= 11 is 0. The zero-order valence-corrected chi connectivity index (χ0v) is 8.33. The maximum absolute atomic E-state index is 13.2. The fourth-order valence-electron chi connectivity index (χ4n) is 1.30. The number of benzene rings is 1. The van der Waals surface area contributed by atoms with E-state index >= 15 is 0 Å². The fraction of sp³-hybridized carbons (Fsp3) is 0.273. The molecule has 84 valence electrons. The highest BCUT2D eigenvalue weighted by Crippen LogP contribution is 2.16. The zero-order chi connectivity index (χ0) is 12.1. The van der Waals surface area contributed by atoms with E-state index in [9.17, 15) is 13.6 Å². The average molecular weight is 225 g/mol. The topological polar surface area (TPSA) is 61.1 Å². The summed E-state index contributed by atoms with van der Waals surface area (Å²) in [6.45, 7) is 0. The summed E-state index contributed by atoms with van der Waals surface area (Å²) in [5.74, 6) is -2.62. The third-order valence-corrected chi connectivity index (χ3v) is 2.09. The minimum Gasteiger partial charge on any atom is -0.481 e. The van der Waals surface area contributed by atoms with Crippen LogP contribution in [-0.2, 0) is 11.2 Å². The lowest BCUT2D eigenvalue weighted by molar-refractivity contribution is -0.137. The predicted octanol–water partition coefficient (Wildman–Crippen LogP) is 2.24. The van der Waals surface area contributed by atoms with Crippen molar-refractivity contribution < 1.29 is 18.7 Å². The van der Waals surface area contributed by atoms with Crippen LogP contribution in [0.3, 0.4) is 0 Å². The van der Waals surface area contributed by atoms with E-state index in [2.05, 4.69) is 0 Å². The summed E-state index contributed by atoms with van der Waals surface area (Å²) in [5, 5.41) is 16.9. The van der Waals surface area contributed by atoms with Gasteiger partial charge in [-0.1, -0.05) is 0 Å². The van der Waals surface area contributed by atoms with Crippen molar-refractivity contribution in [3.05, 3.63) is 34.9 Å². The van der Waals surface area contributed by atoms with Crippen molar-refractivity contribution in [1.82, 2.24) is 0 Å². The van der Waals surface area contributed by atoms with Crippen LogP contribution in [0.1, 0.15) is 24.0 Å². The molecule has 0 amide bonds. The molecule has 0 aliphatic carbocycles. The monoisotopic (exact) mass is 225 g/mol. The molecule has 0 heterocycles. The fourth-order valence-corrected chi connectivity index (χ4v) is 1.30. The number of rotatable bonds is 4. The number of aliphatic carboxylic acids is 1. The third-order valence-electron chi connectivity index (χ3n) is 2.09. The van der Waals surface area contributed by atoms with Crippen molar-refractivity contribution in [1.29, 1.82) is 5.26 Å². The number of hydrogen-bond acceptors (Lipinski definition) is 2.